The van der Waals surface area contributed by atoms with Gasteiger partial charge in [0.25, 0.3) is 0 Å². The fourth-order valence-corrected chi connectivity index (χ4v) is 2.70. The van der Waals surface area contributed by atoms with Crippen LogP contribution < -0.4 is 5.73 Å². The van der Waals surface area contributed by atoms with E-state index in [-0.39, 0.29) is 5.91 Å². The number of nitrogens with zero attached hydrogens (tertiary/aromatic N) is 3. The monoisotopic (exact) mass is 240 g/mol. The summed E-state index contributed by atoms with van der Waals surface area (Å²) in [5.41, 5.74) is 5.72. The summed E-state index contributed by atoms with van der Waals surface area (Å²) in [5.74, 6) is 0.276. The highest BCUT2D eigenvalue weighted by molar-refractivity contribution is 5.78. The van der Waals surface area contributed by atoms with Crippen LogP contribution in [-0.4, -0.2) is 79.5 Å². The van der Waals surface area contributed by atoms with Crippen molar-refractivity contribution in [3.05, 3.63) is 0 Å². The molecule has 5 heteroatoms. The number of likely N-dealkylation sites (N-methyl/N-ethyl adjacent to an activating group) is 1. The summed E-state index contributed by atoms with van der Waals surface area (Å²) in [6.07, 6.45) is 2.32. The van der Waals surface area contributed by atoms with Gasteiger partial charge in [0.1, 0.15) is 0 Å². The van der Waals surface area contributed by atoms with E-state index in [0.29, 0.717) is 19.1 Å². The fraction of sp³-hybridized carbons (Fsp3) is 0.917. The highest BCUT2D eigenvalue weighted by atomic mass is 16.2. The van der Waals surface area contributed by atoms with Gasteiger partial charge in [-0.2, -0.15) is 0 Å². The van der Waals surface area contributed by atoms with Gasteiger partial charge in [0.2, 0.25) is 5.91 Å². The van der Waals surface area contributed by atoms with Crippen LogP contribution in [0, 0.1) is 0 Å². The van der Waals surface area contributed by atoms with Crippen molar-refractivity contribution in [2.45, 2.75) is 18.9 Å². The van der Waals surface area contributed by atoms with E-state index in [9.17, 15) is 4.79 Å². The summed E-state index contributed by atoms with van der Waals surface area (Å²) < 4.78 is 0. The maximum atomic E-state index is 12.1. The van der Waals surface area contributed by atoms with Gasteiger partial charge in [-0.3, -0.25) is 9.69 Å². The molecule has 0 spiro atoms. The molecule has 0 bridgehead atoms. The second-order valence-corrected chi connectivity index (χ2v) is 5.19. The topological polar surface area (TPSA) is 52.8 Å². The lowest BCUT2D eigenvalue weighted by Gasteiger charge is -2.34. The molecule has 1 amide bonds. The number of hydrogen-bond acceptors (Lipinski definition) is 4. The smallest absolute Gasteiger partial charge is 0.236 e. The molecule has 0 saturated carbocycles. The summed E-state index contributed by atoms with van der Waals surface area (Å²) >= 11 is 0. The first kappa shape index (κ1) is 12.8. The Morgan fingerprint density at radius 2 is 1.94 bits per heavy atom. The molecule has 0 aromatic rings. The quantitative estimate of drug-likeness (QED) is 0.700. The maximum Gasteiger partial charge on any atom is 0.236 e. The van der Waals surface area contributed by atoms with E-state index in [1.165, 1.54) is 6.42 Å². The number of piperazine rings is 1. The number of carbonyl (C=O) groups is 1. The molecule has 5 nitrogen and oxygen atoms in total. The van der Waals surface area contributed by atoms with E-state index >= 15 is 0 Å². The zero-order valence-electron chi connectivity index (χ0n) is 10.8. The molecule has 2 N–H and O–H groups in total. The molecular formula is C12H24N4O. The van der Waals surface area contributed by atoms with Gasteiger partial charge in [-0.1, -0.05) is 0 Å². The van der Waals surface area contributed by atoms with Crippen molar-refractivity contribution in [1.29, 1.82) is 0 Å². The second-order valence-electron chi connectivity index (χ2n) is 5.19. The molecule has 2 saturated heterocycles. The van der Waals surface area contributed by atoms with Crippen molar-refractivity contribution >= 4 is 5.91 Å². The van der Waals surface area contributed by atoms with Gasteiger partial charge < -0.3 is 15.5 Å². The first-order chi connectivity index (χ1) is 8.20. The summed E-state index contributed by atoms with van der Waals surface area (Å²) in [5, 5.41) is 0. The Morgan fingerprint density at radius 3 is 2.59 bits per heavy atom. The molecule has 1 unspecified atom stereocenters. The maximum absolute atomic E-state index is 12.1. The average molecular weight is 240 g/mol. The first-order valence-corrected chi connectivity index (χ1v) is 6.61. The van der Waals surface area contributed by atoms with Gasteiger partial charge in [0, 0.05) is 38.8 Å². The molecule has 98 valence electrons. The summed E-state index contributed by atoms with van der Waals surface area (Å²) in [7, 11) is 2.10. The predicted molar refractivity (Wildman–Crippen MR) is 67.7 cm³/mol. The van der Waals surface area contributed by atoms with Crippen molar-refractivity contribution in [3.8, 4) is 0 Å². The normalized spacial score (nSPS) is 27.6. The third-order valence-corrected chi connectivity index (χ3v) is 3.97. The number of hydrogen-bond donors (Lipinski definition) is 1. The largest absolute Gasteiger partial charge is 0.339 e. The Kier molecular flexibility index (Phi) is 4.36. The van der Waals surface area contributed by atoms with Crippen LogP contribution >= 0.6 is 0 Å². The van der Waals surface area contributed by atoms with Crippen molar-refractivity contribution in [1.82, 2.24) is 14.7 Å². The van der Waals surface area contributed by atoms with E-state index in [1.807, 2.05) is 4.90 Å². The van der Waals surface area contributed by atoms with Crippen LogP contribution in [0.5, 0.6) is 0 Å². The number of likely N-dealkylation sites (tertiary alicyclic amines) is 1. The van der Waals surface area contributed by atoms with E-state index in [0.717, 1.165) is 39.1 Å². The summed E-state index contributed by atoms with van der Waals surface area (Å²) in [4.78, 5) is 18.7. The van der Waals surface area contributed by atoms with Gasteiger partial charge in [0.05, 0.1) is 6.54 Å². The Bertz CT molecular complexity index is 263. The van der Waals surface area contributed by atoms with Crippen LogP contribution in [-0.2, 0) is 4.79 Å². The standard InChI is InChI=1S/C12H24N4O/c1-14-5-7-15(8-6-14)12(17)10-16-4-2-3-11(16)9-13/h11H,2-10,13H2,1H3. The zero-order valence-corrected chi connectivity index (χ0v) is 10.8. The molecule has 0 aliphatic carbocycles. The van der Waals surface area contributed by atoms with Crippen molar-refractivity contribution in [2.24, 2.45) is 5.73 Å². The van der Waals surface area contributed by atoms with Crippen molar-refractivity contribution < 1.29 is 4.79 Å². The Morgan fingerprint density at radius 1 is 1.24 bits per heavy atom. The average Bonchev–Trinajstić information content (AvgIpc) is 2.77. The minimum absolute atomic E-state index is 0.276. The molecule has 17 heavy (non-hydrogen) atoms. The second kappa shape index (κ2) is 5.80. The number of amides is 1. The van der Waals surface area contributed by atoms with Crippen molar-refractivity contribution in [2.75, 3.05) is 52.9 Å². The van der Waals surface area contributed by atoms with Gasteiger partial charge in [-0.25, -0.2) is 0 Å². The zero-order chi connectivity index (χ0) is 12.3. The van der Waals surface area contributed by atoms with E-state index < -0.39 is 0 Å². The van der Waals surface area contributed by atoms with Gasteiger partial charge in [-0.05, 0) is 26.4 Å². The molecule has 0 aromatic heterocycles. The molecule has 0 aromatic carbocycles. The van der Waals surface area contributed by atoms with Gasteiger partial charge >= 0.3 is 0 Å². The fourth-order valence-electron chi connectivity index (χ4n) is 2.70. The molecule has 2 fully saturated rings. The van der Waals surface area contributed by atoms with Crippen LogP contribution in [0.3, 0.4) is 0 Å². The Hall–Kier alpha value is -0.650. The summed E-state index contributed by atoms with van der Waals surface area (Å²) in [6.45, 7) is 5.99. The molecule has 2 aliphatic rings. The number of rotatable bonds is 3. The lowest BCUT2D eigenvalue weighted by molar-refractivity contribution is -0.134. The molecule has 0 radical (unpaired) electrons. The Balaban J connectivity index is 1.80. The number of carbonyl (C=O) groups excluding carboxylic acids is 1. The van der Waals surface area contributed by atoms with Gasteiger partial charge in [-0.15, -0.1) is 0 Å². The minimum atomic E-state index is 0.276. The third-order valence-electron chi connectivity index (χ3n) is 3.97. The lowest BCUT2D eigenvalue weighted by Crippen LogP contribution is -2.51. The van der Waals surface area contributed by atoms with Crippen LogP contribution in [0.15, 0.2) is 0 Å². The molecule has 2 rings (SSSR count). The molecule has 2 heterocycles. The van der Waals surface area contributed by atoms with Crippen LogP contribution in [0.1, 0.15) is 12.8 Å². The third kappa shape index (κ3) is 3.18. The van der Waals surface area contributed by atoms with E-state index in [4.69, 9.17) is 5.73 Å². The molecule has 2 aliphatic heterocycles. The van der Waals surface area contributed by atoms with Crippen LogP contribution in [0.2, 0.25) is 0 Å². The predicted octanol–water partition coefficient (Wildman–Crippen LogP) is -0.816. The van der Waals surface area contributed by atoms with Crippen LogP contribution in [0.4, 0.5) is 0 Å². The minimum Gasteiger partial charge on any atom is -0.339 e. The van der Waals surface area contributed by atoms with E-state index in [2.05, 4.69) is 16.8 Å². The number of nitrogens with two attached hydrogens (primary N) is 1. The Labute approximate surface area is 104 Å². The van der Waals surface area contributed by atoms with E-state index in [1.54, 1.807) is 0 Å². The summed E-state index contributed by atoms with van der Waals surface area (Å²) in [6, 6.07) is 0.423. The highest BCUT2D eigenvalue weighted by Gasteiger charge is 2.27. The first-order valence-electron chi connectivity index (χ1n) is 6.61. The van der Waals surface area contributed by atoms with Gasteiger partial charge in [0.15, 0.2) is 0 Å². The highest BCUT2D eigenvalue weighted by Crippen LogP contribution is 2.16. The lowest BCUT2D eigenvalue weighted by atomic mass is 10.2. The molecule has 1 atom stereocenters. The SMILES string of the molecule is CN1CCN(C(=O)CN2CCCC2CN)CC1. The van der Waals surface area contributed by atoms with Crippen LogP contribution in [0.25, 0.3) is 0 Å². The van der Waals surface area contributed by atoms with Crippen molar-refractivity contribution in [3.63, 3.8) is 0 Å². The molecular weight excluding hydrogens is 216 g/mol.